The maximum absolute atomic E-state index is 13.4. The standard InChI is InChI=1S/C27H29N3O6S/c31-25(21-10-4-1-5-11-21)18-28-27(33)24-19-29(26(32)20-36-22-12-6-2-7-13-22)16-17-30(24)37(34,35)23-14-8-3-9-15-23/h1-15,24-25,31H,16-20H2,(H,28,33). The van der Waals surface area contributed by atoms with Crippen LogP contribution in [0.25, 0.3) is 0 Å². The predicted molar refractivity (Wildman–Crippen MR) is 137 cm³/mol. The Bertz CT molecular complexity index is 1290. The van der Waals surface area contributed by atoms with Gasteiger partial charge in [-0.3, -0.25) is 9.59 Å². The number of piperazine rings is 1. The Morgan fingerprint density at radius 1 is 0.919 bits per heavy atom. The van der Waals surface area contributed by atoms with Crippen LogP contribution in [0.15, 0.2) is 95.9 Å². The number of hydrogen-bond acceptors (Lipinski definition) is 6. The van der Waals surface area contributed by atoms with Crippen LogP contribution < -0.4 is 10.1 Å². The first kappa shape index (κ1) is 26.3. The van der Waals surface area contributed by atoms with Crippen molar-refractivity contribution in [3.8, 4) is 5.75 Å². The molecule has 2 N–H and O–H groups in total. The maximum atomic E-state index is 13.4. The van der Waals surface area contributed by atoms with E-state index in [1.165, 1.54) is 17.0 Å². The van der Waals surface area contributed by atoms with Crippen molar-refractivity contribution < 1.29 is 27.9 Å². The molecule has 0 aliphatic carbocycles. The van der Waals surface area contributed by atoms with Crippen LogP contribution in [0.2, 0.25) is 0 Å². The fourth-order valence-corrected chi connectivity index (χ4v) is 5.67. The van der Waals surface area contributed by atoms with Crippen LogP contribution in [0.1, 0.15) is 11.7 Å². The fourth-order valence-electron chi connectivity index (χ4n) is 4.08. The van der Waals surface area contributed by atoms with E-state index in [1.54, 1.807) is 66.7 Å². The van der Waals surface area contributed by atoms with E-state index >= 15 is 0 Å². The number of aliphatic hydroxyl groups is 1. The van der Waals surface area contributed by atoms with Gasteiger partial charge in [-0.2, -0.15) is 4.31 Å². The normalized spacial score (nSPS) is 17.1. The van der Waals surface area contributed by atoms with Crippen LogP contribution in [0.4, 0.5) is 0 Å². The molecular formula is C27H29N3O6S. The molecule has 2 amide bonds. The van der Waals surface area contributed by atoms with Crippen LogP contribution >= 0.6 is 0 Å². The van der Waals surface area contributed by atoms with Gasteiger partial charge in [-0.05, 0) is 29.8 Å². The SMILES string of the molecule is O=C(NCC(O)c1ccccc1)C1CN(C(=O)COc2ccccc2)CCN1S(=O)(=O)c1ccccc1. The molecule has 0 radical (unpaired) electrons. The largest absolute Gasteiger partial charge is 0.484 e. The summed E-state index contributed by atoms with van der Waals surface area (Å²) >= 11 is 0. The van der Waals surface area contributed by atoms with Crippen molar-refractivity contribution >= 4 is 21.8 Å². The summed E-state index contributed by atoms with van der Waals surface area (Å²) < 4.78 is 33.5. The number of carbonyl (C=O) groups excluding carboxylic acids is 2. The Morgan fingerprint density at radius 2 is 1.51 bits per heavy atom. The highest BCUT2D eigenvalue weighted by Gasteiger charge is 2.41. The Hall–Kier alpha value is -3.73. The molecular weight excluding hydrogens is 494 g/mol. The van der Waals surface area contributed by atoms with Gasteiger partial charge >= 0.3 is 0 Å². The van der Waals surface area contributed by atoms with E-state index in [0.29, 0.717) is 11.3 Å². The van der Waals surface area contributed by atoms with Gasteiger partial charge in [0.2, 0.25) is 15.9 Å². The number of nitrogens with zero attached hydrogens (tertiary/aromatic N) is 2. The number of nitrogens with one attached hydrogen (secondary N) is 1. The molecule has 0 saturated carbocycles. The molecule has 2 unspecified atom stereocenters. The van der Waals surface area contributed by atoms with Crippen molar-refractivity contribution in [3.05, 3.63) is 96.6 Å². The zero-order valence-electron chi connectivity index (χ0n) is 20.1. The molecule has 4 rings (SSSR count). The lowest BCUT2D eigenvalue weighted by molar-refractivity contribution is -0.138. The van der Waals surface area contributed by atoms with Gasteiger partial charge in [0, 0.05) is 26.2 Å². The molecule has 1 saturated heterocycles. The predicted octanol–water partition coefficient (Wildman–Crippen LogP) is 1.82. The Labute approximate surface area is 216 Å². The van der Waals surface area contributed by atoms with E-state index in [0.717, 1.165) is 4.31 Å². The summed E-state index contributed by atoms with van der Waals surface area (Å²) in [4.78, 5) is 27.6. The molecule has 194 valence electrons. The van der Waals surface area contributed by atoms with Crippen molar-refractivity contribution in [2.75, 3.05) is 32.8 Å². The lowest BCUT2D eigenvalue weighted by atomic mass is 10.1. The first-order valence-corrected chi connectivity index (χ1v) is 13.3. The first-order chi connectivity index (χ1) is 17.9. The van der Waals surface area contributed by atoms with Crippen LogP contribution in [0.3, 0.4) is 0 Å². The van der Waals surface area contributed by atoms with E-state index in [1.807, 2.05) is 12.1 Å². The molecule has 3 aromatic rings. The second-order valence-corrected chi connectivity index (χ2v) is 10.4. The van der Waals surface area contributed by atoms with Gasteiger partial charge in [0.25, 0.3) is 5.91 Å². The second-order valence-electron chi connectivity index (χ2n) is 8.56. The van der Waals surface area contributed by atoms with Crippen LogP contribution in [0, 0.1) is 0 Å². The third-order valence-corrected chi connectivity index (χ3v) is 8.02. The summed E-state index contributed by atoms with van der Waals surface area (Å²) in [7, 11) is -4.01. The third kappa shape index (κ3) is 6.53. The number of para-hydroxylation sites is 1. The van der Waals surface area contributed by atoms with Gasteiger partial charge in [0.05, 0.1) is 11.0 Å². The average molecular weight is 524 g/mol. The minimum absolute atomic E-state index is 0.0595. The van der Waals surface area contributed by atoms with Gasteiger partial charge < -0.3 is 20.1 Å². The molecule has 1 aliphatic rings. The fraction of sp³-hybridized carbons (Fsp3) is 0.259. The van der Waals surface area contributed by atoms with Crippen LogP contribution in [-0.4, -0.2) is 73.4 Å². The van der Waals surface area contributed by atoms with E-state index in [-0.39, 0.29) is 43.6 Å². The molecule has 3 aromatic carbocycles. The monoisotopic (exact) mass is 523 g/mol. The van der Waals surface area contributed by atoms with Crippen LogP contribution in [0.5, 0.6) is 5.75 Å². The molecule has 1 aliphatic heterocycles. The topological polar surface area (TPSA) is 116 Å². The molecule has 1 heterocycles. The summed E-state index contributed by atoms with van der Waals surface area (Å²) in [6.45, 7) is -0.441. The molecule has 0 aromatic heterocycles. The van der Waals surface area contributed by atoms with E-state index < -0.39 is 28.1 Å². The average Bonchev–Trinajstić information content (AvgIpc) is 2.95. The van der Waals surface area contributed by atoms with Crippen molar-refractivity contribution in [1.82, 2.24) is 14.5 Å². The van der Waals surface area contributed by atoms with E-state index in [2.05, 4.69) is 5.32 Å². The quantitative estimate of drug-likeness (QED) is 0.442. The molecule has 0 spiro atoms. The van der Waals surface area contributed by atoms with Crippen molar-refractivity contribution in [3.63, 3.8) is 0 Å². The summed E-state index contributed by atoms with van der Waals surface area (Å²) in [5.41, 5.74) is 0.620. The van der Waals surface area contributed by atoms with Crippen molar-refractivity contribution in [1.29, 1.82) is 0 Å². The summed E-state index contributed by atoms with van der Waals surface area (Å²) in [6, 6.07) is 24.4. The lowest BCUT2D eigenvalue weighted by Gasteiger charge is -2.39. The highest BCUT2D eigenvalue weighted by Crippen LogP contribution is 2.22. The van der Waals surface area contributed by atoms with Gasteiger partial charge in [-0.1, -0.05) is 66.7 Å². The summed E-state index contributed by atoms with van der Waals surface area (Å²) in [5, 5.41) is 13.1. The van der Waals surface area contributed by atoms with Crippen molar-refractivity contribution in [2.45, 2.75) is 17.0 Å². The molecule has 37 heavy (non-hydrogen) atoms. The van der Waals surface area contributed by atoms with Gasteiger partial charge in [-0.25, -0.2) is 8.42 Å². The number of rotatable bonds is 9. The summed E-state index contributed by atoms with van der Waals surface area (Å²) in [6.07, 6.45) is -0.968. The Kier molecular flexibility index (Phi) is 8.54. The van der Waals surface area contributed by atoms with Gasteiger partial charge in [0.15, 0.2) is 6.61 Å². The summed E-state index contributed by atoms with van der Waals surface area (Å²) in [5.74, 6) is -0.427. The van der Waals surface area contributed by atoms with Gasteiger partial charge in [0.1, 0.15) is 11.8 Å². The number of carbonyl (C=O) groups is 2. The zero-order valence-corrected chi connectivity index (χ0v) is 21.0. The van der Waals surface area contributed by atoms with E-state index in [9.17, 15) is 23.1 Å². The third-order valence-electron chi connectivity index (χ3n) is 6.10. The smallest absolute Gasteiger partial charge is 0.260 e. The Morgan fingerprint density at radius 3 is 2.16 bits per heavy atom. The number of amides is 2. The number of hydrogen-bond donors (Lipinski definition) is 2. The second kappa shape index (κ2) is 12.0. The maximum Gasteiger partial charge on any atom is 0.260 e. The number of benzene rings is 3. The number of aliphatic hydroxyl groups excluding tert-OH is 1. The highest BCUT2D eigenvalue weighted by molar-refractivity contribution is 7.89. The first-order valence-electron chi connectivity index (χ1n) is 11.9. The molecule has 9 nitrogen and oxygen atoms in total. The molecule has 1 fully saturated rings. The molecule has 2 atom stereocenters. The highest BCUT2D eigenvalue weighted by atomic mass is 32.2. The minimum atomic E-state index is -4.01. The molecule has 10 heteroatoms. The van der Waals surface area contributed by atoms with Crippen molar-refractivity contribution in [2.24, 2.45) is 0 Å². The lowest BCUT2D eigenvalue weighted by Crippen LogP contribution is -2.62. The van der Waals surface area contributed by atoms with Gasteiger partial charge in [-0.15, -0.1) is 0 Å². The number of ether oxygens (including phenoxy) is 1. The zero-order chi connectivity index (χ0) is 26.3. The Balaban J connectivity index is 1.49. The van der Waals surface area contributed by atoms with E-state index in [4.69, 9.17) is 4.74 Å². The number of sulfonamides is 1. The molecule has 0 bridgehead atoms. The van der Waals surface area contributed by atoms with Crippen LogP contribution in [-0.2, 0) is 19.6 Å². The minimum Gasteiger partial charge on any atom is -0.484 e.